The molecule has 2 unspecified atom stereocenters. The van der Waals surface area contributed by atoms with E-state index in [1.807, 2.05) is 0 Å². The third-order valence-electron chi connectivity index (χ3n) is 6.15. The largest absolute Gasteiger partial charge is 0.478 e. The molecule has 1 saturated carbocycles. The van der Waals surface area contributed by atoms with Gasteiger partial charge in [-0.1, -0.05) is 18.0 Å². The van der Waals surface area contributed by atoms with Crippen LogP contribution in [0, 0.1) is 0 Å². The smallest absolute Gasteiger partial charge is 0.350 e. The van der Waals surface area contributed by atoms with Gasteiger partial charge in [-0.25, -0.2) is 9.78 Å². The van der Waals surface area contributed by atoms with Gasteiger partial charge in [0.1, 0.15) is 11.7 Å². The van der Waals surface area contributed by atoms with Gasteiger partial charge < -0.3 is 31.6 Å². The van der Waals surface area contributed by atoms with Crippen molar-refractivity contribution < 1.29 is 24.3 Å². The number of nitrogens with two attached hydrogens (primary N) is 1. The van der Waals surface area contributed by atoms with E-state index in [0.717, 1.165) is 30.1 Å². The van der Waals surface area contributed by atoms with Crippen LogP contribution in [0.5, 0.6) is 0 Å². The number of hydrogen-bond donors (Lipinski definition) is 6. The van der Waals surface area contributed by atoms with Crippen LogP contribution in [-0.4, -0.2) is 89.7 Å². The molecule has 2 aliphatic heterocycles. The molecule has 2 aromatic heterocycles. The lowest BCUT2D eigenvalue weighted by atomic mass is 9.98. The highest BCUT2D eigenvalue weighted by Gasteiger charge is 2.55. The van der Waals surface area contributed by atoms with Crippen LogP contribution in [0.25, 0.3) is 0 Å². The van der Waals surface area contributed by atoms with E-state index in [4.69, 9.17) is 10.6 Å². The topological polar surface area (TPSA) is 202 Å². The molecule has 5 rings (SSSR count). The van der Waals surface area contributed by atoms with Crippen LogP contribution in [0.1, 0.15) is 24.2 Å². The SMILES string of the molecule is Nc1nc(/C(=N/OC2(C(=O)O)CC2)C(=O)NC2C(=O)N(S)C2Cn2ncc(CNC3CNC3)n2)cs1. The molecule has 15 nitrogen and oxygen atoms in total. The summed E-state index contributed by atoms with van der Waals surface area (Å²) in [5, 5.41) is 32.6. The van der Waals surface area contributed by atoms with Crippen LogP contribution in [0.4, 0.5) is 5.13 Å². The molecule has 17 heteroatoms. The van der Waals surface area contributed by atoms with Crippen LogP contribution in [0.15, 0.2) is 16.7 Å². The van der Waals surface area contributed by atoms with Gasteiger partial charge in [0, 0.05) is 43.9 Å². The highest BCUT2D eigenvalue weighted by atomic mass is 32.1. The number of carboxylic acid groups (broad SMARTS) is 1. The Bertz CT molecular complexity index is 1210. The van der Waals surface area contributed by atoms with Crippen molar-refractivity contribution in [3.05, 3.63) is 23.0 Å². The first kappa shape index (κ1) is 24.4. The second-order valence-corrected chi connectivity index (χ2v) is 10.1. The lowest BCUT2D eigenvalue weighted by molar-refractivity contribution is -0.153. The quantitative estimate of drug-likeness (QED) is 0.0799. The number of anilines is 1. The third kappa shape index (κ3) is 4.86. The number of aromatic nitrogens is 4. The number of carbonyl (C=O) groups is 3. The zero-order chi connectivity index (χ0) is 25.4. The molecule has 1 aliphatic carbocycles. The minimum absolute atomic E-state index is 0.106. The predicted octanol–water partition coefficient (Wildman–Crippen LogP) is -2.04. The standard InChI is InChI=1S/C19H24N10O5S2/c20-18-24-11(8-36-18)13(27-34-19(1-2-19)17(32)33)15(30)25-14-12(29(35)16(14)31)7-28-23-6-10(26-28)5-22-9-3-21-4-9/h6,8-9,12,14,21-22,35H,1-5,7H2,(H2,20,24)(H,25,30)(H,32,33)/b27-13-. The van der Waals surface area contributed by atoms with Crippen molar-refractivity contribution in [2.75, 3.05) is 18.8 Å². The number of hydrogen-bond acceptors (Lipinski definition) is 13. The van der Waals surface area contributed by atoms with Gasteiger partial charge in [0.05, 0.1) is 24.5 Å². The van der Waals surface area contributed by atoms with Crippen LogP contribution >= 0.6 is 24.2 Å². The molecule has 2 aromatic rings. The zero-order valence-electron chi connectivity index (χ0n) is 18.8. The summed E-state index contributed by atoms with van der Waals surface area (Å²) < 4.78 is 1.20. The Morgan fingerprint density at radius 1 is 1.42 bits per heavy atom. The predicted molar refractivity (Wildman–Crippen MR) is 129 cm³/mol. The monoisotopic (exact) mass is 536 g/mol. The number of nitrogens with one attached hydrogen (secondary N) is 3. The molecule has 0 aromatic carbocycles. The number of oxime groups is 1. The van der Waals surface area contributed by atoms with Crippen molar-refractivity contribution in [2.24, 2.45) is 5.16 Å². The van der Waals surface area contributed by atoms with Crippen molar-refractivity contribution in [1.82, 2.24) is 40.2 Å². The normalized spacial score (nSPS) is 23.1. The van der Waals surface area contributed by atoms with Crippen LogP contribution in [-0.2, 0) is 32.3 Å². The van der Waals surface area contributed by atoms with E-state index in [0.29, 0.717) is 12.6 Å². The van der Waals surface area contributed by atoms with E-state index < -0.39 is 35.5 Å². The number of nitrogen functional groups attached to an aromatic ring is 1. The maximum Gasteiger partial charge on any atom is 0.350 e. The molecular weight excluding hydrogens is 512 g/mol. The summed E-state index contributed by atoms with van der Waals surface area (Å²) >= 11 is 5.29. The summed E-state index contributed by atoms with van der Waals surface area (Å²) in [4.78, 5) is 47.7. The van der Waals surface area contributed by atoms with Gasteiger partial charge in [0.2, 0.25) is 5.60 Å². The van der Waals surface area contributed by atoms with Gasteiger partial charge in [-0.15, -0.1) is 11.3 Å². The molecule has 3 fully saturated rings. The van der Waals surface area contributed by atoms with E-state index in [9.17, 15) is 19.5 Å². The Morgan fingerprint density at radius 3 is 2.81 bits per heavy atom. The number of carboxylic acids is 1. The molecular formula is C19H24N10O5S2. The first-order chi connectivity index (χ1) is 17.3. The third-order valence-corrected chi connectivity index (χ3v) is 7.32. The number of aliphatic carboxylic acids is 1. The van der Waals surface area contributed by atoms with Crippen molar-refractivity contribution in [1.29, 1.82) is 0 Å². The molecule has 3 aliphatic rings. The van der Waals surface area contributed by atoms with Crippen LogP contribution in [0.2, 0.25) is 0 Å². The van der Waals surface area contributed by atoms with Gasteiger partial charge in [0.15, 0.2) is 10.8 Å². The number of rotatable bonds is 11. The van der Waals surface area contributed by atoms with Gasteiger partial charge in [0.25, 0.3) is 11.8 Å². The first-order valence-corrected chi connectivity index (χ1v) is 12.4. The van der Waals surface area contributed by atoms with Crippen molar-refractivity contribution in [3.8, 4) is 0 Å². The molecule has 0 spiro atoms. The van der Waals surface area contributed by atoms with Gasteiger partial charge in [-0.2, -0.15) is 15.0 Å². The van der Waals surface area contributed by atoms with Gasteiger partial charge >= 0.3 is 5.97 Å². The Balaban J connectivity index is 1.25. The lowest BCUT2D eigenvalue weighted by Crippen LogP contribution is -2.69. The average molecular weight is 537 g/mol. The number of thiol groups is 1. The number of thiazole rings is 1. The number of carbonyl (C=O) groups excluding carboxylic acids is 2. The lowest BCUT2D eigenvalue weighted by Gasteiger charge is -2.43. The maximum atomic E-state index is 13.1. The summed E-state index contributed by atoms with van der Waals surface area (Å²) in [5.74, 6) is -2.36. The summed E-state index contributed by atoms with van der Waals surface area (Å²) in [7, 11) is 0. The van der Waals surface area contributed by atoms with Crippen LogP contribution in [0.3, 0.4) is 0 Å². The Labute approximate surface area is 214 Å². The summed E-state index contributed by atoms with van der Waals surface area (Å²) in [6.07, 6.45) is 2.17. The minimum atomic E-state index is -1.46. The molecule has 192 valence electrons. The van der Waals surface area contributed by atoms with E-state index in [2.05, 4.69) is 49.1 Å². The first-order valence-electron chi connectivity index (χ1n) is 11.1. The summed E-state index contributed by atoms with van der Waals surface area (Å²) in [6, 6.07) is -1.06. The second kappa shape index (κ2) is 9.64. The minimum Gasteiger partial charge on any atom is -0.478 e. The average Bonchev–Trinajstić information content (AvgIpc) is 3.29. The fourth-order valence-corrected chi connectivity index (χ4v) is 4.50. The highest BCUT2D eigenvalue weighted by Crippen LogP contribution is 2.40. The molecule has 2 saturated heterocycles. The molecule has 0 bridgehead atoms. The molecule has 0 radical (unpaired) electrons. The van der Waals surface area contributed by atoms with E-state index >= 15 is 0 Å². The molecule has 4 heterocycles. The van der Waals surface area contributed by atoms with E-state index in [-0.39, 0.29) is 35.9 Å². The molecule has 36 heavy (non-hydrogen) atoms. The highest BCUT2D eigenvalue weighted by molar-refractivity contribution is 7.78. The Morgan fingerprint density at radius 2 is 2.19 bits per heavy atom. The zero-order valence-corrected chi connectivity index (χ0v) is 20.5. The van der Waals surface area contributed by atoms with Crippen molar-refractivity contribution in [3.63, 3.8) is 0 Å². The maximum absolute atomic E-state index is 13.1. The number of amides is 2. The van der Waals surface area contributed by atoms with E-state index in [1.54, 1.807) is 6.20 Å². The van der Waals surface area contributed by atoms with Gasteiger partial charge in [-0.05, 0) is 0 Å². The molecule has 6 N–H and O–H groups in total. The Hall–Kier alpha value is -3.28. The fraction of sp³-hybridized carbons (Fsp3) is 0.526. The summed E-state index contributed by atoms with van der Waals surface area (Å²) in [6.45, 7) is 2.58. The van der Waals surface area contributed by atoms with E-state index in [1.165, 1.54) is 14.5 Å². The summed E-state index contributed by atoms with van der Waals surface area (Å²) in [5.41, 5.74) is 4.80. The number of nitrogens with zero attached hydrogens (tertiary/aromatic N) is 6. The Kier molecular flexibility index (Phi) is 6.54. The molecule has 2 amide bonds. The number of β-lactam (4-membered cyclic amide) rings is 1. The van der Waals surface area contributed by atoms with Crippen molar-refractivity contribution in [2.45, 2.75) is 49.7 Å². The molecule has 2 atom stereocenters. The fourth-order valence-electron chi connectivity index (χ4n) is 3.62. The van der Waals surface area contributed by atoms with Gasteiger partial charge in [-0.3, -0.25) is 13.9 Å². The van der Waals surface area contributed by atoms with Crippen LogP contribution < -0.4 is 21.7 Å². The second-order valence-electron chi connectivity index (χ2n) is 8.73. The van der Waals surface area contributed by atoms with Crippen molar-refractivity contribution >= 4 is 52.8 Å².